The summed E-state index contributed by atoms with van der Waals surface area (Å²) in [7, 11) is 3.30. The first-order chi connectivity index (χ1) is 10.8. The lowest BCUT2D eigenvalue weighted by Crippen LogP contribution is -2.14. The molecule has 1 aliphatic rings. The molecule has 116 valence electrons. The van der Waals surface area contributed by atoms with Crippen molar-refractivity contribution in [3.63, 3.8) is 0 Å². The molecular formula is C17H18O4S. The Morgan fingerprint density at radius 2 is 1.86 bits per heavy atom. The van der Waals surface area contributed by atoms with Gasteiger partial charge in [-0.25, -0.2) is 0 Å². The summed E-state index contributed by atoms with van der Waals surface area (Å²) in [6.07, 6.45) is 4.04. The molecular weight excluding hydrogens is 300 g/mol. The van der Waals surface area contributed by atoms with Gasteiger partial charge in [0.15, 0.2) is 11.5 Å². The van der Waals surface area contributed by atoms with Crippen LogP contribution in [-0.2, 0) is 0 Å². The number of fused-ring (bicyclic) bond motifs is 1. The number of ether oxygens (including phenoxy) is 4. The van der Waals surface area contributed by atoms with E-state index in [4.69, 9.17) is 18.9 Å². The molecule has 4 nitrogen and oxygen atoms in total. The second-order valence-electron chi connectivity index (χ2n) is 4.72. The molecule has 1 aromatic heterocycles. The van der Waals surface area contributed by atoms with Gasteiger partial charge in [0.05, 0.1) is 24.0 Å². The van der Waals surface area contributed by atoms with Crippen LogP contribution in [0.3, 0.4) is 0 Å². The fourth-order valence-electron chi connectivity index (χ4n) is 2.40. The smallest absolute Gasteiger partial charge is 0.180 e. The van der Waals surface area contributed by atoms with E-state index >= 15 is 0 Å². The van der Waals surface area contributed by atoms with Gasteiger partial charge in [-0.1, -0.05) is 6.08 Å². The van der Waals surface area contributed by atoms with Crippen molar-refractivity contribution in [2.24, 2.45) is 0 Å². The van der Waals surface area contributed by atoms with E-state index in [1.165, 1.54) is 0 Å². The maximum atomic E-state index is 5.86. The van der Waals surface area contributed by atoms with Gasteiger partial charge in [-0.2, -0.15) is 0 Å². The molecule has 1 aliphatic heterocycles. The predicted molar refractivity (Wildman–Crippen MR) is 88.6 cm³/mol. The Balaban J connectivity index is 2.16. The van der Waals surface area contributed by atoms with Crippen molar-refractivity contribution in [2.45, 2.75) is 6.92 Å². The number of thiophene rings is 1. The topological polar surface area (TPSA) is 36.9 Å². The van der Waals surface area contributed by atoms with Gasteiger partial charge in [-0.05, 0) is 25.1 Å². The third kappa shape index (κ3) is 2.52. The second kappa shape index (κ2) is 6.32. The highest BCUT2D eigenvalue weighted by molar-refractivity contribution is 7.17. The van der Waals surface area contributed by atoms with Gasteiger partial charge in [-0.15, -0.1) is 11.3 Å². The monoisotopic (exact) mass is 318 g/mol. The summed E-state index contributed by atoms with van der Waals surface area (Å²) >= 11 is 1.64. The molecule has 0 amide bonds. The lowest BCUT2D eigenvalue weighted by molar-refractivity contribution is 0.174. The molecule has 0 fully saturated rings. The highest BCUT2D eigenvalue weighted by Gasteiger charge is 2.25. The van der Waals surface area contributed by atoms with Crippen molar-refractivity contribution < 1.29 is 18.9 Å². The average Bonchev–Trinajstić information content (AvgIpc) is 2.93. The maximum absolute atomic E-state index is 5.86. The van der Waals surface area contributed by atoms with E-state index in [9.17, 15) is 0 Å². The van der Waals surface area contributed by atoms with E-state index in [0.717, 1.165) is 38.3 Å². The van der Waals surface area contributed by atoms with Crippen molar-refractivity contribution in [1.82, 2.24) is 0 Å². The summed E-state index contributed by atoms with van der Waals surface area (Å²) in [5.74, 6) is 3.14. The molecule has 0 N–H and O–H groups in total. The van der Waals surface area contributed by atoms with Gasteiger partial charge in [0.1, 0.15) is 24.7 Å². The van der Waals surface area contributed by atoms with Gasteiger partial charge >= 0.3 is 0 Å². The number of benzene rings is 1. The van der Waals surface area contributed by atoms with Crippen LogP contribution in [0.25, 0.3) is 16.5 Å². The number of hydrogen-bond donors (Lipinski definition) is 0. The van der Waals surface area contributed by atoms with Crippen molar-refractivity contribution in [1.29, 1.82) is 0 Å². The first-order valence-corrected chi connectivity index (χ1v) is 7.87. The predicted octanol–water partition coefficient (Wildman–Crippen LogP) is 4.24. The maximum Gasteiger partial charge on any atom is 0.180 e. The van der Waals surface area contributed by atoms with Crippen LogP contribution in [-0.4, -0.2) is 27.4 Å². The molecule has 0 bridgehead atoms. The molecule has 5 heteroatoms. The van der Waals surface area contributed by atoms with Crippen LogP contribution in [0, 0.1) is 0 Å². The SMILES string of the molecule is CC=Cc1sc(-c2ccc(OC)cc2OC)c2c1OCCO2. The van der Waals surface area contributed by atoms with Crippen LogP contribution in [0.2, 0.25) is 0 Å². The molecule has 0 aliphatic carbocycles. The summed E-state index contributed by atoms with van der Waals surface area (Å²) in [5, 5.41) is 0. The number of hydrogen-bond acceptors (Lipinski definition) is 5. The van der Waals surface area contributed by atoms with Crippen LogP contribution in [0.4, 0.5) is 0 Å². The van der Waals surface area contributed by atoms with Gasteiger partial charge in [-0.3, -0.25) is 0 Å². The third-order valence-corrected chi connectivity index (χ3v) is 4.55. The van der Waals surface area contributed by atoms with E-state index in [1.54, 1.807) is 25.6 Å². The number of allylic oxidation sites excluding steroid dienone is 1. The van der Waals surface area contributed by atoms with Crippen molar-refractivity contribution in [3.8, 4) is 33.4 Å². The molecule has 0 saturated carbocycles. The summed E-state index contributed by atoms with van der Waals surface area (Å²) < 4.78 is 22.4. The van der Waals surface area contributed by atoms with Crippen LogP contribution < -0.4 is 18.9 Å². The third-order valence-electron chi connectivity index (χ3n) is 3.40. The van der Waals surface area contributed by atoms with Crippen LogP contribution in [0.15, 0.2) is 24.3 Å². The molecule has 0 unspecified atom stereocenters. The Kier molecular flexibility index (Phi) is 4.24. The van der Waals surface area contributed by atoms with Crippen LogP contribution >= 0.6 is 11.3 Å². The molecule has 2 aromatic rings. The summed E-state index contributed by atoms with van der Waals surface area (Å²) in [4.78, 5) is 2.08. The summed E-state index contributed by atoms with van der Waals surface area (Å²) in [6.45, 7) is 3.13. The van der Waals surface area contributed by atoms with E-state index < -0.39 is 0 Å². The first-order valence-electron chi connectivity index (χ1n) is 7.06. The fraction of sp³-hybridized carbons (Fsp3) is 0.294. The standard InChI is InChI=1S/C17H18O4S/c1-4-5-14-15-16(21-9-8-20-15)17(22-14)12-7-6-11(18-2)10-13(12)19-3/h4-7,10H,8-9H2,1-3H3. The highest BCUT2D eigenvalue weighted by Crippen LogP contribution is 2.52. The Labute approximate surface area is 133 Å². The molecule has 1 aromatic carbocycles. The lowest BCUT2D eigenvalue weighted by atomic mass is 10.1. The molecule has 0 spiro atoms. The Hall–Kier alpha value is -2.14. The van der Waals surface area contributed by atoms with Crippen molar-refractivity contribution in [3.05, 3.63) is 29.2 Å². The fourth-order valence-corrected chi connectivity index (χ4v) is 3.59. The van der Waals surface area contributed by atoms with Crippen molar-refractivity contribution in [2.75, 3.05) is 27.4 Å². The zero-order valence-electron chi connectivity index (χ0n) is 12.8. The van der Waals surface area contributed by atoms with Gasteiger partial charge in [0.25, 0.3) is 0 Å². The minimum absolute atomic E-state index is 0.560. The summed E-state index contributed by atoms with van der Waals surface area (Å²) in [5.41, 5.74) is 0.978. The zero-order chi connectivity index (χ0) is 15.5. The molecule has 2 heterocycles. The van der Waals surface area contributed by atoms with Crippen molar-refractivity contribution >= 4 is 17.4 Å². The summed E-state index contributed by atoms with van der Waals surface area (Å²) in [6, 6.07) is 5.78. The average molecular weight is 318 g/mol. The largest absolute Gasteiger partial charge is 0.497 e. The normalized spacial score (nSPS) is 13.4. The second-order valence-corrected chi connectivity index (χ2v) is 5.77. The lowest BCUT2D eigenvalue weighted by Gasteiger charge is -2.17. The van der Waals surface area contributed by atoms with Crippen LogP contribution in [0.5, 0.6) is 23.0 Å². The van der Waals surface area contributed by atoms with E-state index in [1.807, 2.05) is 37.3 Å². The minimum atomic E-state index is 0.560. The first kappa shape index (κ1) is 14.8. The number of methoxy groups -OCH3 is 2. The minimum Gasteiger partial charge on any atom is -0.497 e. The molecule has 0 saturated heterocycles. The van der Waals surface area contributed by atoms with E-state index in [2.05, 4.69) is 0 Å². The molecule has 0 radical (unpaired) electrons. The van der Waals surface area contributed by atoms with E-state index in [0.29, 0.717) is 13.2 Å². The Bertz CT molecular complexity index is 703. The number of rotatable bonds is 4. The zero-order valence-corrected chi connectivity index (χ0v) is 13.7. The van der Waals surface area contributed by atoms with Crippen LogP contribution in [0.1, 0.15) is 11.8 Å². The highest BCUT2D eigenvalue weighted by atomic mass is 32.1. The van der Waals surface area contributed by atoms with Gasteiger partial charge in [0, 0.05) is 11.6 Å². The molecule has 0 atom stereocenters. The molecule has 3 rings (SSSR count). The Morgan fingerprint density at radius 3 is 2.55 bits per heavy atom. The quantitative estimate of drug-likeness (QED) is 0.845. The van der Waals surface area contributed by atoms with Gasteiger partial charge in [0.2, 0.25) is 0 Å². The molecule has 22 heavy (non-hydrogen) atoms. The van der Waals surface area contributed by atoms with E-state index in [-0.39, 0.29) is 0 Å². The Morgan fingerprint density at radius 1 is 1.09 bits per heavy atom. The van der Waals surface area contributed by atoms with Gasteiger partial charge < -0.3 is 18.9 Å².